The van der Waals surface area contributed by atoms with E-state index < -0.39 is 9.84 Å². The summed E-state index contributed by atoms with van der Waals surface area (Å²) in [7, 11) is -3.33. The third-order valence-corrected chi connectivity index (χ3v) is 4.72. The van der Waals surface area contributed by atoms with Gasteiger partial charge >= 0.3 is 0 Å². The smallest absolute Gasteiger partial charge is 0.180 e. The van der Waals surface area contributed by atoms with Gasteiger partial charge in [0.1, 0.15) is 0 Å². The summed E-state index contributed by atoms with van der Waals surface area (Å²) in [6.07, 6.45) is 3.97. The van der Waals surface area contributed by atoms with Gasteiger partial charge in [0.05, 0.1) is 17.3 Å². The number of allylic oxidation sites excluding steroid dienone is 1. The second kappa shape index (κ2) is 4.63. The fourth-order valence-corrected chi connectivity index (χ4v) is 3.11. The monoisotopic (exact) mass is 252 g/mol. The highest BCUT2D eigenvalue weighted by atomic mass is 32.2. The largest absolute Gasteiger partial charge is 0.395 e. The molecule has 1 aromatic carbocycles. The summed E-state index contributed by atoms with van der Waals surface area (Å²) in [4.78, 5) is 0.318. The van der Waals surface area contributed by atoms with Crippen molar-refractivity contribution >= 4 is 15.9 Å². The van der Waals surface area contributed by atoms with Gasteiger partial charge in [0.15, 0.2) is 9.84 Å². The average Bonchev–Trinajstić information content (AvgIpc) is 2.28. The van der Waals surface area contributed by atoms with Crippen LogP contribution in [0.4, 0.5) is 0 Å². The third kappa shape index (κ3) is 2.58. The van der Waals surface area contributed by atoms with Crippen molar-refractivity contribution in [2.24, 2.45) is 0 Å². The number of benzene rings is 1. The number of aliphatic hydroxyl groups excluding tert-OH is 1. The van der Waals surface area contributed by atoms with E-state index in [1.54, 1.807) is 12.1 Å². The van der Waals surface area contributed by atoms with Gasteiger partial charge in [0.25, 0.3) is 0 Å². The lowest BCUT2D eigenvalue weighted by molar-refractivity contribution is 0.319. The Bertz CT molecular complexity index is 556. The van der Waals surface area contributed by atoms with Crippen molar-refractivity contribution in [3.8, 4) is 0 Å². The summed E-state index contributed by atoms with van der Waals surface area (Å²) in [6, 6.07) is 5.21. The van der Waals surface area contributed by atoms with Crippen LogP contribution in [-0.2, 0) is 16.3 Å². The van der Waals surface area contributed by atoms with Crippen LogP contribution in [0.3, 0.4) is 0 Å². The number of hydrogen-bond donors (Lipinski definition) is 1. The van der Waals surface area contributed by atoms with Crippen LogP contribution in [0, 0.1) is 0 Å². The molecular formula is C13H16O3S. The molecule has 0 fully saturated rings. The molecule has 0 spiro atoms. The van der Waals surface area contributed by atoms with Crippen molar-refractivity contribution in [2.75, 3.05) is 12.4 Å². The third-order valence-electron chi connectivity index (χ3n) is 3.02. The minimum Gasteiger partial charge on any atom is -0.395 e. The maximum absolute atomic E-state index is 11.8. The lowest BCUT2D eigenvalue weighted by atomic mass is 9.93. The lowest BCUT2D eigenvalue weighted by Crippen LogP contribution is -2.11. The molecule has 0 saturated heterocycles. The molecule has 17 heavy (non-hydrogen) atoms. The number of sulfone groups is 1. The molecule has 0 saturated carbocycles. The number of fused-ring (bicyclic) bond motifs is 1. The zero-order valence-corrected chi connectivity index (χ0v) is 10.6. The molecule has 0 unspecified atom stereocenters. The van der Waals surface area contributed by atoms with E-state index in [0.717, 1.165) is 24.0 Å². The molecule has 0 bridgehead atoms. The van der Waals surface area contributed by atoms with Gasteiger partial charge in [-0.2, -0.15) is 0 Å². The topological polar surface area (TPSA) is 54.4 Å². The highest BCUT2D eigenvalue weighted by Gasteiger charge is 2.16. The molecule has 1 aromatic rings. The van der Waals surface area contributed by atoms with Crippen molar-refractivity contribution in [3.05, 3.63) is 34.9 Å². The average molecular weight is 252 g/mol. The molecular weight excluding hydrogens is 236 g/mol. The summed E-state index contributed by atoms with van der Waals surface area (Å²) >= 11 is 0. The summed E-state index contributed by atoms with van der Waals surface area (Å²) in [6.45, 7) is 1.75. The Morgan fingerprint density at radius 3 is 2.76 bits per heavy atom. The van der Waals surface area contributed by atoms with E-state index >= 15 is 0 Å². The molecule has 1 aliphatic carbocycles. The van der Waals surface area contributed by atoms with Gasteiger partial charge in [0, 0.05) is 0 Å². The van der Waals surface area contributed by atoms with E-state index in [9.17, 15) is 8.42 Å². The molecule has 2 rings (SSSR count). The van der Waals surface area contributed by atoms with Crippen LogP contribution < -0.4 is 0 Å². The molecule has 0 amide bonds. The predicted octanol–water partition coefficient (Wildman–Crippen LogP) is 1.80. The standard InChI is InChI=1S/C13H16O3S/c1-10-2-3-12-9-13(5-4-11(12)8-10)17(15,16)7-6-14/h4-5,8-9,14H,2-3,6-7H2,1H3. The van der Waals surface area contributed by atoms with Crippen molar-refractivity contribution < 1.29 is 13.5 Å². The van der Waals surface area contributed by atoms with E-state index in [1.165, 1.54) is 5.57 Å². The number of aryl methyl sites for hydroxylation is 1. The normalized spacial score (nSPS) is 15.3. The van der Waals surface area contributed by atoms with Gasteiger partial charge in [0.2, 0.25) is 0 Å². The second-order valence-corrected chi connectivity index (χ2v) is 6.50. The summed E-state index contributed by atoms with van der Waals surface area (Å²) in [5.74, 6) is -0.208. The van der Waals surface area contributed by atoms with Crippen LogP contribution in [0.2, 0.25) is 0 Å². The van der Waals surface area contributed by atoms with Crippen LogP contribution in [0.1, 0.15) is 24.5 Å². The Morgan fingerprint density at radius 2 is 2.06 bits per heavy atom. The number of rotatable bonds is 3. The molecule has 0 radical (unpaired) electrons. The van der Waals surface area contributed by atoms with Crippen molar-refractivity contribution in [1.29, 1.82) is 0 Å². The van der Waals surface area contributed by atoms with E-state index in [1.807, 2.05) is 6.07 Å². The summed E-state index contributed by atoms with van der Waals surface area (Å²) in [5, 5.41) is 8.75. The minimum absolute atomic E-state index is 0.208. The summed E-state index contributed by atoms with van der Waals surface area (Å²) in [5.41, 5.74) is 3.51. The first-order valence-electron chi connectivity index (χ1n) is 5.66. The Balaban J connectivity index is 2.42. The van der Waals surface area contributed by atoms with Crippen molar-refractivity contribution in [3.63, 3.8) is 0 Å². The molecule has 0 heterocycles. The minimum atomic E-state index is -3.33. The molecule has 0 aliphatic heterocycles. The predicted molar refractivity (Wildman–Crippen MR) is 67.6 cm³/mol. The quantitative estimate of drug-likeness (QED) is 0.892. The fraction of sp³-hybridized carbons (Fsp3) is 0.385. The van der Waals surface area contributed by atoms with Crippen molar-refractivity contribution in [1.82, 2.24) is 0 Å². The van der Waals surface area contributed by atoms with Crippen LogP contribution in [-0.4, -0.2) is 25.9 Å². The van der Waals surface area contributed by atoms with E-state index in [0.29, 0.717) is 4.90 Å². The van der Waals surface area contributed by atoms with E-state index in [2.05, 4.69) is 13.0 Å². The number of aliphatic hydroxyl groups is 1. The molecule has 0 atom stereocenters. The Labute approximate surface area is 102 Å². The Hall–Kier alpha value is -1.13. The summed E-state index contributed by atoms with van der Waals surface area (Å²) < 4.78 is 23.6. The maximum atomic E-state index is 11.8. The fourth-order valence-electron chi connectivity index (χ4n) is 2.04. The first-order valence-corrected chi connectivity index (χ1v) is 7.32. The van der Waals surface area contributed by atoms with Crippen LogP contribution >= 0.6 is 0 Å². The van der Waals surface area contributed by atoms with Gasteiger partial charge < -0.3 is 5.11 Å². The first kappa shape index (κ1) is 12.3. The van der Waals surface area contributed by atoms with E-state index in [-0.39, 0.29) is 12.4 Å². The SMILES string of the molecule is CC1=Cc2ccc(S(=O)(=O)CCO)cc2CC1. The van der Waals surface area contributed by atoms with Crippen LogP contribution in [0.15, 0.2) is 28.7 Å². The van der Waals surface area contributed by atoms with Crippen molar-refractivity contribution in [2.45, 2.75) is 24.7 Å². The zero-order chi connectivity index (χ0) is 12.5. The molecule has 1 N–H and O–H groups in total. The molecule has 1 aliphatic rings. The first-order chi connectivity index (χ1) is 8.03. The maximum Gasteiger partial charge on any atom is 0.180 e. The van der Waals surface area contributed by atoms with E-state index in [4.69, 9.17) is 5.11 Å². The van der Waals surface area contributed by atoms with Gasteiger partial charge in [-0.15, -0.1) is 0 Å². The molecule has 92 valence electrons. The number of hydrogen-bond acceptors (Lipinski definition) is 3. The van der Waals surface area contributed by atoms with Gasteiger partial charge in [-0.05, 0) is 43.0 Å². The molecule has 3 nitrogen and oxygen atoms in total. The zero-order valence-electron chi connectivity index (χ0n) is 9.81. The van der Waals surface area contributed by atoms with Crippen LogP contribution in [0.25, 0.3) is 6.08 Å². The molecule has 4 heteroatoms. The highest BCUT2D eigenvalue weighted by molar-refractivity contribution is 7.91. The van der Waals surface area contributed by atoms with Gasteiger partial charge in [-0.1, -0.05) is 17.7 Å². The molecule has 0 aromatic heterocycles. The van der Waals surface area contributed by atoms with Crippen LogP contribution in [0.5, 0.6) is 0 Å². The van der Waals surface area contributed by atoms with Gasteiger partial charge in [-0.3, -0.25) is 0 Å². The highest BCUT2D eigenvalue weighted by Crippen LogP contribution is 2.26. The lowest BCUT2D eigenvalue weighted by Gasteiger charge is -2.15. The Morgan fingerprint density at radius 1 is 1.29 bits per heavy atom. The van der Waals surface area contributed by atoms with Gasteiger partial charge in [-0.25, -0.2) is 8.42 Å². The second-order valence-electron chi connectivity index (χ2n) is 4.39. The Kier molecular flexibility index (Phi) is 3.35.